The first kappa shape index (κ1) is 25.8. The first-order valence-corrected chi connectivity index (χ1v) is 11.6. The molecule has 0 aromatic heterocycles. The quantitative estimate of drug-likeness (QED) is 0.575. The molecule has 0 bridgehead atoms. The number of likely N-dealkylation sites (N-methyl/N-ethyl adjacent to an activating group) is 2. The van der Waals surface area contributed by atoms with Gasteiger partial charge in [-0.1, -0.05) is 67.4 Å². The van der Waals surface area contributed by atoms with E-state index in [1.54, 1.807) is 0 Å². The maximum atomic E-state index is 12.6. The molecule has 4 nitrogen and oxygen atoms in total. The van der Waals surface area contributed by atoms with Crippen molar-refractivity contribution in [3.63, 3.8) is 0 Å². The molecule has 0 aliphatic carbocycles. The van der Waals surface area contributed by atoms with E-state index in [0.29, 0.717) is 18.9 Å². The largest absolute Gasteiger partial charge is 0.340 e. The van der Waals surface area contributed by atoms with Crippen LogP contribution in [0.2, 0.25) is 0 Å². The topological polar surface area (TPSA) is 40.6 Å². The minimum absolute atomic E-state index is 0.225. The maximum Gasteiger partial charge on any atom is 0.242 e. The lowest BCUT2D eigenvalue weighted by atomic mass is 9.86. The summed E-state index contributed by atoms with van der Waals surface area (Å²) in [6, 6.07) is 14.9. The summed E-state index contributed by atoms with van der Waals surface area (Å²) < 4.78 is 0. The van der Waals surface area contributed by atoms with E-state index in [4.69, 9.17) is 0 Å². The average Bonchev–Trinajstić information content (AvgIpc) is 2.72. The number of benzene rings is 2. The van der Waals surface area contributed by atoms with Crippen molar-refractivity contribution in [3.8, 4) is 0 Å². The summed E-state index contributed by atoms with van der Waals surface area (Å²) >= 11 is 0. The van der Waals surface area contributed by atoms with Gasteiger partial charge in [-0.2, -0.15) is 0 Å². The van der Waals surface area contributed by atoms with Gasteiger partial charge in [-0.05, 0) is 63.3 Å². The summed E-state index contributed by atoms with van der Waals surface area (Å²) in [4.78, 5) is 26.7. The van der Waals surface area contributed by atoms with Crippen LogP contribution in [0.15, 0.2) is 42.5 Å². The number of aldehydes is 1. The van der Waals surface area contributed by atoms with Crippen molar-refractivity contribution >= 4 is 12.2 Å². The third-order valence-corrected chi connectivity index (χ3v) is 6.27. The average molecular weight is 437 g/mol. The number of rotatable bonds is 7. The van der Waals surface area contributed by atoms with Gasteiger partial charge in [0.05, 0.1) is 5.54 Å². The molecule has 32 heavy (non-hydrogen) atoms. The number of hydrogen-bond donors (Lipinski definition) is 0. The van der Waals surface area contributed by atoms with E-state index in [-0.39, 0.29) is 11.4 Å². The van der Waals surface area contributed by atoms with Gasteiger partial charge in [0.25, 0.3) is 0 Å². The molecule has 1 atom stereocenters. The van der Waals surface area contributed by atoms with Crippen molar-refractivity contribution in [3.05, 3.63) is 70.3 Å². The van der Waals surface area contributed by atoms with E-state index < -0.39 is 0 Å². The molecule has 1 fully saturated rings. The zero-order chi connectivity index (χ0) is 23.9. The van der Waals surface area contributed by atoms with Crippen molar-refractivity contribution < 1.29 is 9.59 Å². The van der Waals surface area contributed by atoms with Crippen LogP contribution < -0.4 is 0 Å². The highest BCUT2D eigenvalue weighted by Crippen LogP contribution is 2.30. The van der Waals surface area contributed by atoms with Crippen LogP contribution in [0, 0.1) is 19.8 Å². The van der Waals surface area contributed by atoms with Gasteiger partial charge in [0.15, 0.2) is 0 Å². The van der Waals surface area contributed by atoms with E-state index >= 15 is 0 Å². The number of carbonyl (C=O) groups is 2. The van der Waals surface area contributed by atoms with Gasteiger partial charge < -0.3 is 9.69 Å². The molecule has 3 rings (SSSR count). The Morgan fingerprint density at radius 3 is 2.06 bits per heavy atom. The molecule has 2 aromatic rings. The van der Waals surface area contributed by atoms with Crippen LogP contribution in [0.1, 0.15) is 55.0 Å². The van der Waals surface area contributed by atoms with Gasteiger partial charge in [0.1, 0.15) is 6.29 Å². The van der Waals surface area contributed by atoms with Crippen molar-refractivity contribution in [2.45, 2.75) is 66.0 Å². The Balaban J connectivity index is 0.000000278. The van der Waals surface area contributed by atoms with E-state index in [1.807, 2.05) is 51.9 Å². The van der Waals surface area contributed by atoms with Gasteiger partial charge in [-0.15, -0.1) is 0 Å². The molecule has 1 unspecified atom stereocenters. The fourth-order valence-corrected chi connectivity index (χ4v) is 4.23. The van der Waals surface area contributed by atoms with Gasteiger partial charge in [0, 0.05) is 26.6 Å². The molecule has 2 aromatic carbocycles. The van der Waals surface area contributed by atoms with E-state index in [0.717, 1.165) is 31.2 Å². The third-order valence-electron chi connectivity index (χ3n) is 6.27. The van der Waals surface area contributed by atoms with Crippen LogP contribution in [-0.4, -0.2) is 48.2 Å². The minimum Gasteiger partial charge on any atom is -0.340 e. The summed E-state index contributed by atoms with van der Waals surface area (Å²) in [6.07, 6.45) is 3.54. The Labute approximate surface area is 194 Å². The molecule has 1 heterocycles. The third kappa shape index (κ3) is 7.03. The van der Waals surface area contributed by atoms with Gasteiger partial charge >= 0.3 is 0 Å². The molecule has 0 radical (unpaired) electrons. The number of likely N-dealkylation sites (tertiary alicyclic amines) is 1. The maximum absolute atomic E-state index is 12.6. The summed E-state index contributed by atoms with van der Waals surface area (Å²) in [5.74, 6) is 0.900. The molecule has 1 saturated heterocycles. The zero-order valence-corrected chi connectivity index (χ0v) is 20.9. The highest BCUT2D eigenvalue weighted by Gasteiger charge is 2.45. The van der Waals surface area contributed by atoms with Crippen LogP contribution in [0.5, 0.6) is 0 Å². The first-order valence-electron chi connectivity index (χ1n) is 11.6. The highest BCUT2D eigenvalue weighted by atomic mass is 16.2. The number of amides is 1. The van der Waals surface area contributed by atoms with E-state index in [1.165, 1.54) is 22.3 Å². The van der Waals surface area contributed by atoms with Crippen LogP contribution in [0.4, 0.5) is 0 Å². The predicted octanol–water partition coefficient (Wildman–Crippen LogP) is 4.98. The van der Waals surface area contributed by atoms with Crippen LogP contribution >= 0.6 is 0 Å². The smallest absolute Gasteiger partial charge is 0.242 e. The van der Waals surface area contributed by atoms with Crippen LogP contribution in [-0.2, 0) is 29.0 Å². The zero-order valence-electron chi connectivity index (χ0n) is 20.9. The second-order valence-corrected chi connectivity index (χ2v) is 9.89. The van der Waals surface area contributed by atoms with E-state index in [9.17, 15) is 9.59 Å². The summed E-state index contributed by atoms with van der Waals surface area (Å²) in [5, 5.41) is 0. The molecule has 0 spiro atoms. The van der Waals surface area contributed by atoms with Gasteiger partial charge in [0.2, 0.25) is 5.91 Å². The molecular formula is C28H40N2O2. The lowest BCUT2D eigenvalue weighted by Crippen LogP contribution is -2.64. The molecule has 1 aliphatic heterocycles. The Bertz CT molecular complexity index is 884. The Kier molecular flexibility index (Phi) is 9.21. The van der Waals surface area contributed by atoms with E-state index in [2.05, 4.69) is 49.1 Å². The second-order valence-electron chi connectivity index (χ2n) is 9.89. The fourth-order valence-electron chi connectivity index (χ4n) is 4.23. The fraction of sp³-hybridized carbons (Fsp3) is 0.500. The standard InChI is InChI=1S/C18H28N2O.C10H12O/c1-14(2)12-15-6-8-16(9-7-15)13-19(4)17(21)18(3)10-11-20(18)5;1-8-5-9(2)7-10(6-8)3-4-11/h6-9,14H,10-13H2,1-5H3;4-7H,3H2,1-2H3. The number of nitrogens with zero attached hydrogens (tertiary/aromatic N) is 2. The molecule has 4 heteroatoms. The molecule has 174 valence electrons. The van der Waals surface area contributed by atoms with Crippen molar-refractivity contribution in [2.24, 2.45) is 5.92 Å². The van der Waals surface area contributed by atoms with Crippen molar-refractivity contribution in [1.29, 1.82) is 0 Å². The Morgan fingerprint density at radius 1 is 1.06 bits per heavy atom. The Hall–Kier alpha value is -2.46. The lowest BCUT2D eigenvalue weighted by Gasteiger charge is -2.48. The molecule has 1 aliphatic rings. The van der Waals surface area contributed by atoms with Gasteiger partial charge in [-0.25, -0.2) is 0 Å². The Morgan fingerprint density at radius 2 is 1.62 bits per heavy atom. The van der Waals surface area contributed by atoms with Crippen LogP contribution in [0.3, 0.4) is 0 Å². The SMILES string of the molecule is CC(C)Cc1ccc(CN(C)C(=O)C2(C)CCN2C)cc1.Cc1cc(C)cc(CC=O)c1. The number of carbonyl (C=O) groups excluding carboxylic acids is 2. The minimum atomic E-state index is -0.299. The second kappa shape index (κ2) is 11.4. The molecule has 0 N–H and O–H groups in total. The predicted molar refractivity (Wildman–Crippen MR) is 133 cm³/mol. The summed E-state index contributed by atoms with van der Waals surface area (Å²) in [6.45, 7) is 12.3. The number of hydrogen-bond acceptors (Lipinski definition) is 3. The molecule has 1 amide bonds. The monoisotopic (exact) mass is 436 g/mol. The normalized spacial score (nSPS) is 17.9. The summed E-state index contributed by atoms with van der Waals surface area (Å²) in [5.41, 5.74) is 5.82. The number of aryl methyl sites for hydroxylation is 2. The highest BCUT2D eigenvalue weighted by molar-refractivity contribution is 5.86. The molecular weight excluding hydrogens is 396 g/mol. The van der Waals surface area contributed by atoms with Crippen molar-refractivity contribution in [2.75, 3.05) is 20.6 Å². The lowest BCUT2D eigenvalue weighted by molar-refractivity contribution is -0.149. The first-order chi connectivity index (χ1) is 15.0. The molecule has 0 saturated carbocycles. The summed E-state index contributed by atoms with van der Waals surface area (Å²) in [7, 11) is 3.93. The van der Waals surface area contributed by atoms with Crippen LogP contribution in [0.25, 0.3) is 0 Å². The van der Waals surface area contributed by atoms with Gasteiger partial charge in [-0.3, -0.25) is 9.69 Å². The van der Waals surface area contributed by atoms with Crippen molar-refractivity contribution in [1.82, 2.24) is 9.80 Å².